The van der Waals surface area contributed by atoms with Gasteiger partial charge in [-0.05, 0) is 152 Å². The van der Waals surface area contributed by atoms with Crippen LogP contribution in [0.2, 0.25) is 0 Å². The first kappa shape index (κ1) is 66.6. The maximum absolute atomic E-state index is 13.8. The Balaban J connectivity index is 5.26. The minimum Gasteiger partial charge on any atom is -0.375 e. The van der Waals surface area contributed by atoms with E-state index in [2.05, 4.69) is 67.1 Å². The highest BCUT2D eigenvalue weighted by atomic mass is 16.7. The Morgan fingerprint density at radius 3 is 1.28 bits per heavy atom. The van der Waals surface area contributed by atoms with Crippen molar-refractivity contribution in [2.24, 2.45) is 11.8 Å². The summed E-state index contributed by atoms with van der Waals surface area (Å²) in [6, 6.07) is -2.15. The topological polar surface area (TPSA) is 269 Å². The lowest BCUT2D eigenvalue weighted by Crippen LogP contribution is -2.64. The Morgan fingerprint density at radius 1 is 0.521 bits per heavy atom. The summed E-state index contributed by atoms with van der Waals surface area (Å²) >= 11 is 0. The van der Waals surface area contributed by atoms with Crippen LogP contribution in [0.15, 0.2) is 24.3 Å². The number of carbonyl (C=O) groups is 6. The number of amides is 6. The molecule has 0 aliphatic heterocycles. The van der Waals surface area contributed by atoms with Crippen molar-refractivity contribution in [1.29, 1.82) is 0 Å². The molecule has 412 valence electrons. The molecule has 0 aromatic rings. The molecule has 0 radical (unpaired) electrons. The molecular formula is C50H96N10O11. The van der Waals surface area contributed by atoms with E-state index < -0.39 is 80.6 Å². The van der Waals surface area contributed by atoms with Crippen LogP contribution in [0.25, 0.3) is 0 Å². The fourth-order valence-electron chi connectivity index (χ4n) is 6.60. The van der Waals surface area contributed by atoms with Crippen molar-refractivity contribution in [2.45, 2.75) is 228 Å². The first-order valence-electron chi connectivity index (χ1n) is 24.3. The summed E-state index contributed by atoms with van der Waals surface area (Å²) in [7, 11) is 0. The Hall–Kier alpha value is -4.38. The predicted octanol–water partition coefficient (Wildman–Crippen LogP) is 5.18. The molecule has 0 aromatic heterocycles. The van der Waals surface area contributed by atoms with E-state index in [0.29, 0.717) is 13.0 Å². The molecule has 0 rings (SSSR count). The lowest BCUT2D eigenvalue weighted by Gasteiger charge is -2.42. The molecule has 5 unspecified atom stereocenters. The Bertz CT molecular complexity index is 1840. The fourth-order valence-corrected chi connectivity index (χ4v) is 6.60. The number of hydrogen-bond donors (Lipinski definition) is 10. The normalized spacial score (nSPS) is 15.2. The third kappa shape index (κ3) is 24.3. The van der Waals surface area contributed by atoms with E-state index in [4.69, 9.17) is 23.9 Å². The number of rotatable bonds is 31. The van der Waals surface area contributed by atoms with E-state index in [1.54, 1.807) is 13.8 Å². The van der Waals surface area contributed by atoms with Crippen molar-refractivity contribution in [3.05, 3.63) is 24.3 Å². The Morgan fingerprint density at radius 2 is 0.887 bits per heavy atom. The van der Waals surface area contributed by atoms with Gasteiger partial charge in [-0.3, -0.25) is 14.9 Å². The van der Waals surface area contributed by atoms with Crippen LogP contribution in [-0.2, 0) is 43.1 Å². The summed E-state index contributed by atoms with van der Waals surface area (Å²) in [5, 5.41) is 18.9. The average molecular weight is 1010 g/mol. The van der Waals surface area contributed by atoms with E-state index in [0.717, 1.165) is 0 Å². The smallest absolute Gasteiger partial charge is 0.353 e. The van der Waals surface area contributed by atoms with Crippen LogP contribution in [0.5, 0.6) is 0 Å². The SMILES string of the molecule is C=C(C)C(=O)ONNC(=O)NC(C)(C)C(C)COC(C)(C)CC(C)NC(C)(C)C(=O)NC(C)C(C)(C)OCC(C)(C)NC(C)(C)C(=O)NC(C)C(C)(C)OCC(C)C(C)(C)NC(=O)NNOC(=O)C(=C)C. The van der Waals surface area contributed by atoms with E-state index in [1.807, 2.05) is 132 Å². The van der Waals surface area contributed by atoms with E-state index in [9.17, 15) is 28.8 Å². The van der Waals surface area contributed by atoms with Gasteiger partial charge in [0, 0.05) is 45.6 Å². The minimum absolute atomic E-state index is 0.120. The third-order valence-corrected chi connectivity index (χ3v) is 12.9. The van der Waals surface area contributed by atoms with Gasteiger partial charge in [-0.25, -0.2) is 30.0 Å². The van der Waals surface area contributed by atoms with E-state index >= 15 is 0 Å². The minimum atomic E-state index is -1.03. The standard InChI is InChI=1S/C50H96N10O11/c1-30(2)37(61)70-59-56-41(65)54-45(14,15)32(5)27-67-44(12,13)26-34(7)53-47(18,19)39(63)51-36(9)50(24,25)69-29-43(10,11)58-48(20,21)40(64)52-35(8)49(22,23)68-28-33(6)46(16,17)55-42(66)57-60-71-38(62)31(3)4/h32-36,53,58-60H,1,3,26-29H2,2,4-25H3,(H,51,63)(H,52,64)(H2,54,56,65)(H2,55,57,66). The monoisotopic (exact) mass is 1010 g/mol. The number of ether oxygens (including phenoxy) is 3. The first-order chi connectivity index (χ1) is 31.8. The van der Waals surface area contributed by atoms with Gasteiger partial charge >= 0.3 is 24.0 Å². The van der Waals surface area contributed by atoms with E-state index in [1.165, 1.54) is 13.8 Å². The van der Waals surface area contributed by atoms with Crippen LogP contribution in [0.3, 0.4) is 0 Å². The maximum Gasteiger partial charge on any atom is 0.353 e. The van der Waals surface area contributed by atoms with Crippen LogP contribution in [0.1, 0.15) is 166 Å². The summed E-state index contributed by atoms with van der Waals surface area (Å²) < 4.78 is 19.2. The lowest BCUT2D eigenvalue weighted by molar-refractivity contribution is -0.148. The van der Waals surface area contributed by atoms with Gasteiger partial charge in [-0.2, -0.15) is 0 Å². The number of hydrogen-bond acceptors (Lipinski definition) is 15. The van der Waals surface area contributed by atoms with E-state index in [-0.39, 0.29) is 54.1 Å². The summed E-state index contributed by atoms with van der Waals surface area (Å²) in [5.74, 6) is -2.15. The molecule has 71 heavy (non-hydrogen) atoms. The highest BCUT2D eigenvalue weighted by molar-refractivity contribution is 5.88. The zero-order chi connectivity index (χ0) is 55.9. The fraction of sp³-hybridized carbons (Fsp3) is 0.800. The zero-order valence-corrected chi connectivity index (χ0v) is 47.6. The second-order valence-electron chi connectivity index (χ2n) is 23.7. The number of carbonyl (C=O) groups excluding carboxylic acids is 6. The molecule has 10 N–H and O–H groups in total. The summed E-state index contributed by atoms with van der Waals surface area (Å²) in [6.45, 7) is 50.5. The Kier molecular flexibility index (Phi) is 24.9. The molecule has 0 saturated carbocycles. The van der Waals surface area contributed by atoms with Gasteiger partial charge in [0.2, 0.25) is 11.8 Å². The third-order valence-electron chi connectivity index (χ3n) is 12.9. The molecule has 0 fully saturated rings. The molecule has 0 saturated heterocycles. The molecule has 0 spiro atoms. The highest BCUT2D eigenvalue weighted by Gasteiger charge is 2.41. The molecule has 21 nitrogen and oxygen atoms in total. The molecule has 5 atom stereocenters. The van der Waals surface area contributed by atoms with Crippen LogP contribution < -0.4 is 53.9 Å². The summed E-state index contributed by atoms with van der Waals surface area (Å²) in [5.41, 5.74) is 2.82. The average Bonchev–Trinajstić information content (AvgIpc) is 3.19. The summed E-state index contributed by atoms with van der Waals surface area (Å²) in [4.78, 5) is 84.9. The van der Waals surface area contributed by atoms with Crippen molar-refractivity contribution in [2.75, 3.05) is 19.8 Å². The molecule has 0 heterocycles. The zero-order valence-electron chi connectivity index (χ0n) is 47.6. The van der Waals surface area contributed by atoms with Crippen LogP contribution in [0.4, 0.5) is 9.59 Å². The molecular weight excluding hydrogens is 917 g/mol. The molecule has 6 amide bonds. The van der Waals surface area contributed by atoms with Crippen LogP contribution >= 0.6 is 0 Å². The van der Waals surface area contributed by atoms with Gasteiger partial charge in [0.1, 0.15) is 0 Å². The quantitative estimate of drug-likeness (QED) is 0.0317. The Labute approximate surface area is 425 Å². The first-order valence-corrected chi connectivity index (χ1v) is 24.3. The molecule has 0 bridgehead atoms. The molecule has 21 heteroatoms. The number of urea groups is 2. The van der Waals surface area contributed by atoms with Gasteiger partial charge in [0.15, 0.2) is 0 Å². The predicted molar refractivity (Wildman–Crippen MR) is 276 cm³/mol. The lowest BCUT2D eigenvalue weighted by atomic mass is 9.89. The second kappa shape index (κ2) is 26.5. The van der Waals surface area contributed by atoms with Crippen LogP contribution in [0, 0.1) is 11.8 Å². The molecule has 0 aliphatic rings. The largest absolute Gasteiger partial charge is 0.375 e. The molecule has 0 aliphatic carbocycles. The van der Waals surface area contributed by atoms with Gasteiger partial charge < -0.3 is 50.5 Å². The van der Waals surface area contributed by atoms with Crippen molar-refractivity contribution >= 4 is 35.8 Å². The van der Waals surface area contributed by atoms with Gasteiger partial charge in [0.05, 0.1) is 59.8 Å². The highest BCUT2D eigenvalue weighted by Crippen LogP contribution is 2.26. The second-order valence-corrected chi connectivity index (χ2v) is 23.7. The molecule has 0 aromatic carbocycles. The van der Waals surface area contributed by atoms with Gasteiger partial charge in [-0.15, -0.1) is 0 Å². The van der Waals surface area contributed by atoms with Crippen molar-refractivity contribution in [3.8, 4) is 0 Å². The van der Waals surface area contributed by atoms with Crippen molar-refractivity contribution < 1.29 is 52.7 Å². The van der Waals surface area contributed by atoms with Crippen molar-refractivity contribution in [3.63, 3.8) is 0 Å². The van der Waals surface area contributed by atoms with Crippen molar-refractivity contribution in [1.82, 2.24) is 53.9 Å². The maximum atomic E-state index is 13.8. The summed E-state index contributed by atoms with van der Waals surface area (Å²) in [6.07, 6.45) is 0.575. The van der Waals surface area contributed by atoms with Gasteiger partial charge in [-0.1, -0.05) is 38.2 Å². The van der Waals surface area contributed by atoms with Crippen LogP contribution in [-0.4, -0.2) is 118 Å². The number of hydrazine groups is 2. The van der Waals surface area contributed by atoms with Gasteiger partial charge in [0.25, 0.3) is 0 Å². The number of nitrogens with one attached hydrogen (secondary N) is 10.